The molecule has 0 amide bonds. The zero-order valence-corrected chi connectivity index (χ0v) is 18.4. The van der Waals surface area contributed by atoms with Crippen molar-refractivity contribution >= 4 is 39.2 Å². The SMILES string of the molecule is Cc1ccc(N(C)c2ccc(N(c3ccccc3)c3ccc4ccccc4c3)cc2)cc1. The van der Waals surface area contributed by atoms with Gasteiger partial charge in [-0.2, -0.15) is 0 Å². The summed E-state index contributed by atoms with van der Waals surface area (Å²) in [6.45, 7) is 2.11. The lowest BCUT2D eigenvalue weighted by Crippen LogP contribution is -2.11. The van der Waals surface area contributed by atoms with Crippen LogP contribution < -0.4 is 9.80 Å². The number of para-hydroxylation sites is 1. The van der Waals surface area contributed by atoms with Gasteiger partial charge in [0.15, 0.2) is 0 Å². The number of nitrogens with zero attached hydrogens (tertiary/aromatic N) is 2. The predicted molar refractivity (Wildman–Crippen MR) is 138 cm³/mol. The number of anilines is 5. The second kappa shape index (κ2) is 8.60. The Morgan fingerprint density at radius 3 is 1.62 bits per heavy atom. The first kappa shape index (κ1) is 19.9. The van der Waals surface area contributed by atoms with E-state index in [4.69, 9.17) is 0 Å². The molecule has 2 nitrogen and oxygen atoms in total. The lowest BCUT2D eigenvalue weighted by molar-refractivity contribution is 1.20. The summed E-state index contributed by atoms with van der Waals surface area (Å²) in [5, 5.41) is 2.49. The molecule has 5 rings (SSSR count). The van der Waals surface area contributed by atoms with Crippen LogP contribution in [0.2, 0.25) is 0 Å². The van der Waals surface area contributed by atoms with E-state index in [0.717, 1.165) is 22.7 Å². The molecule has 0 spiro atoms. The zero-order valence-electron chi connectivity index (χ0n) is 18.4. The molecule has 0 unspecified atom stereocenters. The minimum absolute atomic E-state index is 1.13. The maximum Gasteiger partial charge on any atom is 0.0468 e. The summed E-state index contributed by atoms with van der Waals surface area (Å²) in [5.74, 6) is 0. The van der Waals surface area contributed by atoms with Crippen molar-refractivity contribution in [3.8, 4) is 0 Å². The molecule has 0 aliphatic carbocycles. The van der Waals surface area contributed by atoms with E-state index in [1.165, 1.54) is 22.0 Å². The van der Waals surface area contributed by atoms with E-state index in [9.17, 15) is 0 Å². The summed E-state index contributed by atoms with van der Waals surface area (Å²) in [7, 11) is 2.11. The van der Waals surface area contributed by atoms with E-state index in [2.05, 4.69) is 145 Å². The molecular weight excluding hydrogens is 388 g/mol. The van der Waals surface area contributed by atoms with Gasteiger partial charge < -0.3 is 9.80 Å². The minimum Gasteiger partial charge on any atom is -0.345 e. The van der Waals surface area contributed by atoms with Gasteiger partial charge in [0.2, 0.25) is 0 Å². The van der Waals surface area contributed by atoms with Crippen molar-refractivity contribution in [2.45, 2.75) is 6.92 Å². The summed E-state index contributed by atoms with van der Waals surface area (Å²) in [6.07, 6.45) is 0. The van der Waals surface area contributed by atoms with Crippen LogP contribution in [0, 0.1) is 6.92 Å². The van der Waals surface area contributed by atoms with Gasteiger partial charge in [0.1, 0.15) is 0 Å². The molecule has 5 aromatic carbocycles. The van der Waals surface area contributed by atoms with Crippen LogP contribution in [0.15, 0.2) is 121 Å². The van der Waals surface area contributed by atoms with Gasteiger partial charge in [0, 0.05) is 35.5 Å². The molecule has 0 aromatic heterocycles. The fraction of sp³-hybridized carbons (Fsp3) is 0.0667. The van der Waals surface area contributed by atoms with Gasteiger partial charge in [-0.1, -0.05) is 66.2 Å². The summed E-state index contributed by atoms with van der Waals surface area (Å²) in [5.41, 5.74) is 7.03. The van der Waals surface area contributed by atoms with Gasteiger partial charge in [-0.15, -0.1) is 0 Å². The van der Waals surface area contributed by atoms with Gasteiger partial charge in [-0.05, 0) is 78.4 Å². The highest BCUT2D eigenvalue weighted by Crippen LogP contribution is 2.37. The van der Waals surface area contributed by atoms with Gasteiger partial charge >= 0.3 is 0 Å². The Morgan fingerprint density at radius 1 is 0.438 bits per heavy atom. The van der Waals surface area contributed by atoms with Crippen molar-refractivity contribution < 1.29 is 0 Å². The molecule has 0 radical (unpaired) electrons. The molecule has 0 bridgehead atoms. The van der Waals surface area contributed by atoms with E-state index in [0.29, 0.717) is 0 Å². The standard InChI is InChI=1S/C30H26N2/c1-23-12-15-26(16-13-23)31(2)27-18-20-29(21-19-27)32(28-10-4-3-5-11-28)30-17-14-24-8-6-7-9-25(24)22-30/h3-22H,1-2H3. The number of rotatable bonds is 5. The third-order valence-corrected chi connectivity index (χ3v) is 5.92. The molecule has 32 heavy (non-hydrogen) atoms. The fourth-order valence-corrected chi connectivity index (χ4v) is 4.08. The van der Waals surface area contributed by atoms with Crippen LogP contribution >= 0.6 is 0 Å². The topological polar surface area (TPSA) is 6.48 Å². The Labute approximate surface area is 190 Å². The number of benzene rings is 5. The summed E-state index contributed by atoms with van der Waals surface area (Å²) in [4.78, 5) is 4.52. The van der Waals surface area contributed by atoms with Crippen molar-refractivity contribution in [2.75, 3.05) is 16.8 Å². The molecule has 0 fully saturated rings. The molecule has 2 heteroatoms. The molecule has 156 valence electrons. The molecular formula is C30H26N2. The van der Waals surface area contributed by atoms with Crippen molar-refractivity contribution in [3.05, 3.63) is 127 Å². The van der Waals surface area contributed by atoms with Crippen LogP contribution in [0.4, 0.5) is 28.4 Å². The highest BCUT2D eigenvalue weighted by molar-refractivity contribution is 5.89. The van der Waals surface area contributed by atoms with Crippen LogP contribution in [0.5, 0.6) is 0 Å². The third kappa shape index (κ3) is 3.95. The van der Waals surface area contributed by atoms with E-state index in [1.54, 1.807) is 0 Å². The average molecular weight is 415 g/mol. The Morgan fingerprint density at radius 2 is 0.938 bits per heavy atom. The summed E-state index contributed by atoms with van der Waals surface area (Å²) >= 11 is 0. The van der Waals surface area contributed by atoms with Crippen LogP contribution in [0.1, 0.15) is 5.56 Å². The Hall–Kier alpha value is -4.04. The lowest BCUT2D eigenvalue weighted by Gasteiger charge is -2.27. The number of hydrogen-bond acceptors (Lipinski definition) is 2. The van der Waals surface area contributed by atoms with E-state index in [-0.39, 0.29) is 0 Å². The average Bonchev–Trinajstić information content (AvgIpc) is 2.85. The minimum atomic E-state index is 1.13. The third-order valence-electron chi connectivity index (χ3n) is 5.92. The smallest absolute Gasteiger partial charge is 0.0468 e. The first-order valence-corrected chi connectivity index (χ1v) is 10.9. The zero-order chi connectivity index (χ0) is 21.9. The van der Waals surface area contributed by atoms with Gasteiger partial charge in [0.25, 0.3) is 0 Å². The molecule has 0 heterocycles. The van der Waals surface area contributed by atoms with Crippen LogP contribution in [0.3, 0.4) is 0 Å². The first-order valence-electron chi connectivity index (χ1n) is 10.9. The molecule has 0 aliphatic rings. The van der Waals surface area contributed by atoms with E-state index < -0.39 is 0 Å². The molecule has 0 atom stereocenters. The predicted octanol–water partition coefficient (Wildman–Crippen LogP) is 8.39. The molecule has 0 N–H and O–H groups in total. The summed E-state index contributed by atoms with van der Waals surface area (Å²) in [6, 6.07) is 43.1. The molecule has 0 saturated heterocycles. The largest absolute Gasteiger partial charge is 0.345 e. The second-order valence-electron chi connectivity index (χ2n) is 8.11. The van der Waals surface area contributed by atoms with E-state index in [1.807, 2.05) is 0 Å². The quantitative estimate of drug-likeness (QED) is 0.285. The lowest BCUT2D eigenvalue weighted by atomic mass is 10.1. The summed E-state index contributed by atoms with van der Waals surface area (Å²) < 4.78 is 0. The second-order valence-corrected chi connectivity index (χ2v) is 8.11. The number of aryl methyl sites for hydroxylation is 1. The van der Waals surface area contributed by atoms with Crippen molar-refractivity contribution in [1.82, 2.24) is 0 Å². The first-order chi connectivity index (χ1) is 15.7. The van der Waals surface area contributed by atoms with Crippen molar-refractivity contribution in [2.24, 2.45) is 0 Å². The van der Waals surface area contributed by atoms with Gasteiger partial charge in [-0.25, -0.2) is 0 Å². The van der Waals surface area contributed by atoms with E-state index >= 15 is 0 Å². The van der Waals surface area contributed by atoms with Gasteiger partial charge in [0.05, 0.1) is 0 Å². The Kier molecular flexibility index (Phi) is 5.35. The maximum absolute atomic E-state index is 2.31. The Balaban J connectivity index is 1.53. The highest BCUT2D eigenvalue weighted by Gasteiger charge is 2.13. The van der Waals surface area contributed by atoms with Crippen LogP contribution in [-0.2, 0) is 0 Å². The van der Waals surface area contributed by atoms with Crippen LogP contribution in [-0.4, -0.2) is 7.05 Å². The number of fused-ring (bicyclic) bond motifs is 1. The maximum atomic E-state index is 2.31. The Bertz CT molecular complexity index is 1320. The van der Waals surface area contributed by atoms with Crippen molar-refractivity contribution in [3.63, 3.8) is 0 Å². The van der Waals surface area contributed by atoms with Crippen molar-refractivity contribution in [1.29, 1.82) is 0 Å². The monoisotopic (exact) mass is 414 g/mol. The van der Waals surface area contributed by atoms with Gasteiger partial charge in [-0.3, -0.25) is 0 Å². The normalized spacial score (nSPS) is 10.8. The fourth-order valence-electron chi connectivity index (χ4n) is 4.08. The molecule has 5 aromatic rings. The van der Waals surface area contributed by atoms with Crippen LogP contribution in [0.25, 0.3) is 10.8 Å². The highest BCUT2D eigenvalue weighted by atomic mass is 15.1. The number of hydrogen-bond donors (Lipinski definition) is 0. The molecule has 0 aliphatic heterocycles. The molecule has 0 saturated carbocycles.